The van der Waals surface area contributed by atoms with Gasteiger partial charge in [-0.15, -0.1) is 0 Å². The van der Waals surface area contributed by atoms with Crippen molar-refractivity contribution in [1.82, 2.24) is 0 Å². The van der Waals surface area contributed by atoms with E-state index in [0.717, 1.165) is 11.3 Å². The summed E-state index contributed by atoms with van der Waals surface area (Å²) in [5.74, 6) is 0.500. The van der Waals surface area contributed by atoms with Crippen LogP contribution < -0.4 is 4.74 Å². The van der Waals surface area contributed by atoms with Crippen molar-refractivity contribution in [1.29, 1.82) is 0 Å². The standard InChI is InChI=1S/C14H22O4Si/c1-16-14(15)11-12-6-5-7-13(10-12)17-8-9-18-19(2,3)4/h5-7,10H,8-9,11H2,1-4H3. The van der Waals surface area contributed by atoms with Crippen molar-refractivity contribution in [3.63, 3.8) is 0 Å². The van der Waals surface area contributed by atoms with Crippen LogP contribution in [0.2, 0.25) is 19.6 Å². The number of methoxy groups -OCH3 is 1. The van der Waals surface area contributed by atoms with Gasteiger partial charge in [0.15, 0.2) is 8.32 Å². The zero-order valence-electron chi connectivity index (χ0n) is 12.1. The van der Waals surface area contributed by atoms with Crippen LogP contribution in [0.25, 0.3) is 0 Å². The van der Waals surface area contributed by atoms with Gasteiger partial charge in [-0.3, -0.25) is 4.79 Å². The molecule has 106 valence electrons. The quantitative estimate of drug-likeness (QED) is 0.438. The first kappa shape index (κ1) is 15.7. The summed E-state index contributed by atoms with van der Waals surface area (Å²) in [6, 6.07) is 7.47. The fourth-order valence-electron chi connectivity index (χ4n) is 1.49. The van der Waals surface area contributed by atoms with E-state index in [-0.39, 0.29) is 12.4 Å². The minimum Gasteiger partial charge on any atom is -0.491 e. The summed E-state index contributed by atoms with van der Waals surface area (Å²) in [6.45, 7) is 7.54. The van der Waals surface area contributed by atoms with E-state index in [0.29, 0.717) is 13.2 Å². The van der Waals surface area contributed by atoms with Gasteiger partial charge in [0.2, 0.25) is 0 Å². The molecule has 19 heavy (non-hydrogen) atoms. The van der Waals surface area contributed by atoms with Crippen LogP contribution in [-0.2, 0) is 20.4 Å². The number of rotatable bonds is 7. The SMILES string of the molecule is COC(=O)Cc1cccc(OCCO[Si](C)(C)C)c1. The number of hydrogen-bond donors (Lipinski definition) is 0. The Kier molecular flexibility index (Phi) is 6.04. The fourth-order valence-corrected chi connectivity index (χ4v) is 2.19. The van der Waals surface area contributed by atoms with Crippen molar-refractivity contribution < 1.29 is 18.7 Å². The van der Waals surface area contributed by atoms with Gasteiger partial charge in [-0.1, -0.05) is 12.1 Å². The van der Waals surface area contributed by atoms with Crippen molar-refractivity contribution in [2.24, 2.45) is 0 Å². The third kappa shape index (κ3) is 6.98. The van der Waals surface area contributed by atoms with Crippen LogP contribution in [0.3, 0.4) is 0 Å². The number of esters is 1. The van der Waals surface area contributed by atoms with E-state index in [9.17, 15) is 4.79 Å². The molecule has 0 heterocycles. The average molecular weight is 282 g/mol. The summed E-state index contributed by atoms with van der Waals surface area (Å²) < 4.78 is 15.9. The van der Waals surface area contributed by atoms with E-state index in [2.05, 4.69) is 24.4 Å². The lowest BCUT2D eigenvalue weighted by Crippen LogP contribution is -2.27. The molecule has 0 unspecified atom stereocenters. The van der Waals surface area contributed by atoms with Crippen LogP contribution >= 0.6 is 0 Å². The molecule has 1 rings (SSSR count). The van der Waals surface area contributed by atoms with E-state index >= 15 is 0 Å². The predicted molar refractivity (Wildman–Crippen MR) is 77.0 cm³/mol. The van der Waals surface area contributed by atoms with E-state index in [4.69, 9.17) is 9.16 Å². The number of ether oxygens (including phenoxy) is 2. The summed E-state index contributed by atoms with van der Waals surface area (Å²) in [5, 5.41) is 0. The molecule has 0 aliphatic heterocycles. The maximum atomic E-state index is 11.2. The smallest absolute Gasteiger partial charge is 0.309 e. The topological polar surface area (TPSA) is 44.8 Å². The Morgan fingerprint density at radius 3 is 2.58 bits per heavy atom. The summed E-state index contributed by atoms with van der Waals surface area (Å²) in [7, 11) is -0.0889. The normalized spacial score (nSPS) is 11.2. The first-order valence-corrected chi connectivity index (χ1v) is 9.74. The lowest BCUT2D eigenvalue weighted by atomic mass is 10.1. The average Bonchev–Trinajstić information content (AvgIpc) is 2.34. The zero-order valence-corrected chi connectivity index (χ0v) is 13.1. The van der Waals surface area contributed by atoms with Gasteiger partial charge in [0, 0.05) is 0 Å². The Morgan fingerprint density at radius 2 is 1.95 bits per heavy atom. The van der Waals surface area contributed by atoms with Gasteiger partial charge in [0.25, 0.3) is 0 Å². The molecule has 0 saturated carbocycles. The van der Waals surface area contributed by atoms with Crippen LogP contribution in [-0.4, -0.2) is 34.6 Å². The van der Waals surface area contributed by atoms with E-state index < -0.39 is 8.32 Å². The molecule has 0 saturated heterocycles. The first-order valence-electron chi connectivity index (χ1n) is 6.33. The van der Waals surface area contributed by atoms with Gasteiger partial charge in [0.05, 0.1) is 20.1 Å². The van der Waals surface area contributed by atoms with Crippen LogP contribution in [0.1, 0.15) is 5.56 Å². The van der Waals surface area contributed by atoms with Crippen molar-refractivity contribution in [2.45, 2.75) is 26.1 Å². The van der Waals surface area contributed by atoms with Gasteiger partial charge in [-0.05, 0) is 37.3 Å². The maximum absolute atomic E-state index is 11.2. The largest absolute Gasteiger partial charge is 0.491 e. The number of carbonyl (C=O) groups is 1. The molecule has 0 fully saturated rings. The highest BCUT2D eigenvalue weighted by Gasteiger charge is 2.13. The molecule has 0 amide bonds. The van der Waals surface area contributed by atoms with Gasteiger partial charge in [-0.25, -0.2) is 0 Å². The molecule has 5 heteroatoms. The Labute approximate surface area is 115 Å². The van der Waals surface area contributed by atoms with Crippen molar-refractivity contribution >= 4 is 14.3 Å². The van der Waals surface area contributed by atoms with Crippen molar-refractivity contribution in [3.05, 3.63) is 29.8 Å². The summed E-state index contributed by atoms with van der Waals surface area (Å²) in [6.07, 6.45) is 0.263. The highest BCUT2D eigenvalue weighted by Crippen LogP contribution is 2.14. The van der Waals surface area contributed by atoms with Crippen LogP contribution in [0.15, 0.2) is 24.3 Å². The fraction of sp³-hybridized carbons (Fsp3) is 0.500. The molecule has 0 aromatic heterocycles. The van der Waals surface area contributed by atoms with E-state index in [1.807, 2.05) is 24.3 Å². The molecule has 0 N–H and O–H groups in total. The second-order valence-corrected chi connectivity index (χ2v) is 9.72. The molecule has 0 aliphatic carbocycles. The number of carbonyl (C=O) groups excluding carboxylic acids is 1. The summed E-state index contributed by atoms with van der Waals surface area (Å²) >= 11 is 0. The molecule has 0 aliphatic rings. The van der Waals surface area contributed by atoms with Crippen LogP contribution in [0.5, 0.6) is 5.75 Å². The monoisotopic (exact) mass is 282 g/mol. The maximum Gasteiger partial charge on any atom is 0.309 e. The number of hydrogen-bond acceptors (Lipinski definition) is 4. The molecule has 4 nitrogen and oxygen atoms in total. The lowest BCUT2D eigenvalue weighted by molar-refractivity contribution is -0.139. The van der Waals surface area contributed by atoms with Crippen LogP contribution in [0.4, 0.5) is 0 Å². The van der Waals surface area contributed by atoms with Crippen molar-refractivity contribution in [3.8, 4) is 5.75 Å². The Morgan fingerprint density at radius 1 is 1.21 bits per heavy atom. The summed E-state index contributed by atoms with van der Waals surface area (Å²) in [5.41, 5.74) is 0.885. The molecular weight excluding hydrogens is 260 g/mol. The second-order valence-electron chi connectivity index (χ2n) is 5.21. The predicted octanol–water partition coefficient (Wildman–Crippen LogP) is 2.63. The van der Waals surface area contributed by atoms with Gasteiger partial charge < -0.3 is 13.9 Å². The first-order chi connectivity index (χ1) is 8.90. The molecule has 0 spiro atoms. The third-order valence-corrected chi connectivity index (χ3v) is 3.43. The van der Waals surface area contributed by atoms with Gasteiger partial charge in [0.1, 0.15) is 12.4 Å². The molecular formula is C14H22O4Si. The number of benzene rings is 1. The third-order valence-electron chi connectivity index (χ3n) is 2.36. The highest BCUT2D eigenvalue weighted by atomic mass is 28.4. The van der Waals surface area contributed by atoms with Crippen molar-refractivity contribution in [2.75, 3.05) is 20.3 Å². The zero-order chi connectivity index (χ0) is 14.3. The van der Waals surface area contributed by atoms with E-state index in [1.165, 1.54) is 7.11 Å². The molecule has 0 bridgehead atoms. The summed E-state index contributed by atoms with van der Waals surface area (Å²) in [4.78, 5) is 11.2. The molecule has 1 aromatic rings. The lowest BCUT2D eigenvalue weighted by Gasteiger charge is -2.17. The molecule has 1 aromatic carbocycles. The molecule has 0 radical (unpaired) electrons. The van der Waals surface area contributed by atoms with Gasteiger partial charge >= 0.3 is 5.97 Å². The second kappa shape index (κ2) is 7.30. The Balaban J connectivity index is 2.42. The Hall–Kier alpha value is -1.33. The molecule has 0 atom stereocenters. The highest BCUT2D eigenvalue weighted by molar-refractivity contribution is 6.69. The Bertz CT molecular complexity index is 412. The van der Waals surface area contributed by atoms with Crippen LogP contribution in [0, 0.1) is 0 Å². The van der Waals surface area contributed by atoms with E-state index in [1.54, 1.807) is 0 Å². The minimum absolute atomic E-state index is 0.251. The van der Waals surface area contributed by atoms with Gasteiger partial charge in [-0.2, -0.15) is 0 Å². The minimum atomic E-state index is -1.47.